The van der Waals surface area contributed by atoms with Gasteiger partial charge in [0.2, 0.25) is 0 Å². The quantitative estimate of drug-likeness (QED) is 0.196. The van der Waals surface area contributed by atoms with E-state index in [2.05, 4.69) is 30.9 Å². The number of nitrogens with zero attached hydrogens (tertiary/aromatic N) is 1. The van der Waals surface area contributed by atoms with Crippen LogP contribution in [0.5, 0.6) is 0 Å². The van der Waals surface area contributed by atoms with Crippen molar-refractivity contribution >= 4 is 58.5 Å². The number of carbonyl (C=O) groups excluding carboxylic acids is 3. The molecule has 0 saturated carbocycles. The zero-order valence-corrected chi connectivity index (χ0v) is 23.0. The number of allylic oxidation sites excluding steroid dienone is 2. The number of benzene rings is 3. The Bertz CT molecular complexity index is 1340. The fourth-order valence-corrected chi connectivity index (χ4v) is 4.77. The van der Waals surface area contributed by atoms with Crippen LogP contribution >= 0.6 is 23.4 Å². The molecule has 3 aromatic rings. The predicted molar refractivity (Wildman–Crippen MR) is 156 cm³/mol. The molecule has 0 spiro atoms. The average Bonchev–Trinajstić information content (AvgIpc) is 2.88. The fraction of sp³-hybridized carbons (Fsp3) is 0.194. The molecule has 0 aromatic heterocycles. The number of aryl methyl sites for hydroxylation is 2. The molecule has 3 rings (SSSR count). The molecule has 0 aliphatic carbocycles. The highest BCUT2D eigenvalue weighted by atomic mass is 35.5. The molecule has 0 saturated heterocycles. The number of carbonyl (C=O) groups is 3. The zero-order valence-electron chi connectivity index (χ0n) is 21.5. The third-order valence-electron chi connectivity index (χ3n) is 5.81. The summed E-state index contributed by atoms with van der Waals surface area (Å²) in [5, 5.41) is 0.565. The lowest BCUT2D eigenvalue weighted by Gasteiger charge is -2.30. The Kier molecular flexibility index (Phi) is 10.1. The maximum Gasteiger partial charge on any atom is 0.190 e. The molecule has 0 unspecified atom stereocenters. The highest BCUT2D eigenvalue weighted by Crippen LogP contribution is 2.35. The molecule has 6 heteroatoms. The van der Waals surface area contributed by atoms with Crippen LogP contribution in [0, 0.1) is 13.8 Å². The van der Waals surface area contributed by atoms with Gasteiger partial charge in [-0.3, -0.25) is 14.4 Å². The first-order valence-electron chi connectivity index (χ1n) is 12.0. The largest absolute Gasteiger partial charge is 0.336 e. The summed E-state index contributed by atoms with van der Waals surface area (Å²) >= 11 is 7.50. The highest BCUT2D eigenvalue weighted by Gasteiger charge is 2.18. The molecule has 0 fully saturated rings. The lowest BCUT2D eigenvalue weighted by molar-refractivity contribution is -0.109. The van der Waals surface area contributed by atoms with Crippen molar-refractivity contribution in [3.05, 3.63) is 110 Å². The Morgan fingerprint density at radius 2 is 1.59 bits per heavy atom. The van der Waals surface area contributed by atoms with Gasteiger partial charge in [0.25, 0.3) is 0 Å². The topological polar surface area (TPSA) is 54.5 Å². The van der Waals surface area contributed by atoms with E-state index in [1.54, 1.807) is 6.08 Å². The second-order valence-corrected chi connectivity index (χ2v) is 10.4. The van der Waals surface area contributed by atoms with Gasteiger partial charge in [-0.05, 0) is 72.0 Å². The fourth-order valence-electron chi connectivity index (χ4n) is 4.04. The number of halogens is 1. The molecule has 0 atom stereocenters. The minimum atomic E-state index is -0.132. The first-order valence-corrected chi connectivity index (χ1v) is 13.2. The van der Waals surface area contributed by atoms with E-state index in [9.17, 15) is 14.4 Å². The monoisotopic (exact) mass is 531 g/mol. The molecule has 0 aliphatic heterocycles. The van der Waals surface area contributed by atoms with Crippen molar-refractivity contribution in [1.82, 2.24) is 0 Å². The molecule has 37 heavy (non-hydrogen) atoms. The van der Waals surface area contributed by atoms with Crippen LogP contribution in [0.4, 0.5) is 5.69 Å². The van der Waals surface area contributed by atoms with Gasteiger partial charge in [-0.15, -0.1) is 0 Å². The molecule has 0 heterocycles. The van der Waals surface area contributed by atoms with Gasteiger partial charge in [0.15, 0.2) is 11.4 Å². The second kappa shape index (κ2) is 13.2. The summed E-state index contributed by atoms with van der Waals surface area (Å²) in [6.07, 6.45) is 6.25. The van der Waals surface area contributed by atoms with E-state index < -0.39 is 0 Å². The minimum absolute atomic E-state index is 0.132. The van der Waals surface area contributed by atoms with Crippen LogP contribution in [-0.2, 0) is 16.1 Å². The van der Waals surface area contributed by atoms with Gasteiger partial charge in [0.05, 0.1) is 4.91 Å². The Balaban J connectivity index is 2.08. The van der Waals surface area contributed by atoms with Crippen LogP contribution < -0.4 is 4.90 Å². The molecule has 4 nitrogen and oxygen atoms in total. The van der Waals surface area contributed by atoms with Crippen molar-refractivity contribution in [3.8, 4) is 0 Å². The molecular weight excluding hydrogens is 502 g/mol. The van der Waals surface area contributed by atoms with Crippen LogP contribution in [-0.4, -0.2) is 17.7 Å². The molecule has 0 bridgehead atoms. The maximum atomic E-state index is 11.4. The number of anilines is 1. The third kappa shape index (κ3) is 7.54. The molecule has 0 radical (unpaired) electrons. The van der Waals surface area contributed by atoms with Gasteiger partial charge in [0, 0.05) is 35.4 Å². The van der Waals surface area contributed by atoms with E-state index in [0.717, 1.165) is 63.7 Å². The Hall–Kier alpha value is -3.41. The second-order valence-electron chi connectivity index (χ2n) is 8.71. The normalized spacial score (nSPS) is 11.8. The Morgan fingerprint density at radius 3 is 2.16 bits per heavy atom. The van der Waals surface area contributed by atoms with Crippen molar-refractivity contribution < 1.29 is 14.4 Å². The third-order valence-corrected chi connectivity index (χ3v) is 6.95. The van der Waals surface area contributed by atoms with Crippen molar-refractivity contribution in [1.29, 1.82) is 0 Å². The van der Waals surface area contributed by atoms with Crippen LogP contribution in [0.2, 0.25) is 5.02 Å². The zero-order chi connectivity index (χ0) is 26.9. The predicted octanol–water partition coefficient (Wildman–Crippen LogP) is 8.05. The van der Waals surface area contributed by atoms with Crippen molar-refractivity contribution in [3.63, 3.8) is 0 Å². The minimum Gasteiger partial charge on any atom is -0.336 e. The van der Waals surface area contributed by atoms with Crippen molar-refractivity contribution in [2.75, 3.05) is 4.90 Å². The van der Waals surface area contributed by atoms with Gasteiger partial charge >= 0.3 is 0 Å². The molecule has 190 valence electrons. The molecule has 0 N–H and O–H groups in total. The van der Waals surface area contributed by atoms with Crippen LogP contribution in [0.3, 0.4) is 0 Å². The van der Waals surface area contributed by atoms with E-state index in [1.807, 2.05) is 61.5 Å². The van der Waals surface area contributed by atoms with E-state index in [1.165, 1.54) is 6.92 Å². The Labute approximate surface area is 228 Å². The summed E-state index contributed by atoms with van der Waals surface area (Å²) in [5.74, 6) is 0. The molecule has 0 amide bonds. The SMILES string of the molecule is CC/C=C(\c1ccc(/C=C(/C=O)SC(C)=O)cc1)N(Cc1ccc(C=O)cc1)c1cc(Cl)c(C)cc1C. The van der Waals surface area contributed by atoms with Crippen molar-refractivity contribution in [2.24, 2.45) is 0 Å². The van der Waals surface area contributed by atoms with E-state index >= 15 is 0 Å². The lowest BCUT2D eigenvalue weighted by atomic mass is 10.0. The summed E-state index contributed by atoms with van der Waals surface area (Å²) in [5.41, 5.74) is 7.67. The molecule has 3 aromatic carbocycles. The van der Waals surface area contributed by atoms with Gasteiger partial charge in [-0.25, -0.2) is 0 Å². The van der Waals surface area contributed by atoms with Gasteiger partial charge in [-0.2, -0.15) is 0 Å². The number of hydrogen-bond acceptors (Lipinski definition) is 5. The summed E-state index contributed by atoms with van der Waals surface area (Å²) < 4.78 is 0. The first-order chi connectivity index (χ1) is 17.7. The maximum absolute atomic E-state index is 11.4. The highest BCUT2D eigenvalue weighted by molar-refractivity contribution is 8.17. The summed E-state index contributed by atoms with van der Waals surface area (Å²) in [6.45, 7) is 8.18. The summed E-state index contributed by atoms with van der Waals surface area (Å²) in [4.78, 5) is 36.5. The van der Waals surface area contributed by atoms with Gasteiger partial charge in [-0.1, -0.05) is 79.2 Å². The number of aldehydes is 2. The van der Waals surface area contributed by atoms with E-state index in [-0.39, 0.29) is 5.12 Å². The number of rotatable bonds is 10. The lowest BCUT2D eigenvalue weighted by Crippen LogP contribution is -2.22. The van der Waals surface area contributed by atoms with Crippen LogP contribution in [0.15, 0.2) is 71.6 Å². The van der Waals surface area contributed by atoms with E-state index in [4.69, 9.17) is 11.6 Å². The number of hydrogen-bond donors (Lipinski definition) is 0. The van der Waals surface area contributed by atoms with Crippen LogP contribution in [0.25, 0.3) is 11.8 Å². The summed E-state index contributed by atoms with van der Waals surface area (Å²) in [7, 11) is 0. The van der Waals surface area contributed by atoms with Crippen molar-refractivity contribution in [2.45, 2.75) is 40.7 Å². The standard InChI is InChI=1S/C31H30ClNO3S/c1-5-6-30(27-13-11-24(12-14-27)16-28(20-35)37-23(4)36)33(18-25-7-9-26(19-34)10-8-25)31-17-29(32)21(2)15-22(31)3/h6-17,19-20H,5,18H2,1-4H3/b28-16-,30-6+. The molecule has 0 aliphatic rings. The van der Waals surface area contributed by atoms with E-state index in [0.29, 0.717) is 28.3 Å². The summed E-state index contributed by atoms with van der Waals surface area (Å²) in [6, 6.07) is 19.6. The molecular formula is C31H30ClNO3S. The van der Waals surface area contributed by atoms with Crippen LogP contribution in [0.1, 0.15) is 58.4 Å². The smallest absolute Gasteiger partial charge is 0.190 e. The Morgan fingerprint density at radius 1 is 0.946 bits per heavy atom. The van der Waals surface area contributed by atoms with Gasteiger partial charge in [0.1, 0.15) is 6.29 Å². The number of thioether (sulfide) groups is 1. The average molecular weight is 532 g/mol. The van der Waals surface area contributed by atoms with Gasteiger partial charge < -0.3 is 4.90 Å². The first kappa shape index (κ1) is 28.2.